The molecule has 0 bridgehead atoms. The van der Waals surface area contributed by atoms with Crippen molar-refractivity contribution < 1.29 is 37.4 Å². The number of rotatable bonds is 8. The molecule has 2 heterocycles. The van der Waals surface area contributed by atoms with E-state index in [0.717, 1.165) is 38.3 Å². The van der Waals surface area contributed by atoms with Gasteiger partial charge in [-0.1, -0.05) is 19.3 Å². The molecule has 1 aliphatic carbocycles. The minimum Gasteiger partial charge on any atom is -0.497 e. The molecule has 5 rings (SSSR count). The summed E-state index contributed by atoms with van der Waals surface area (Å²) in [4.78, 5) is 50.9. The lowest BCUT2D eigenvalue weighted by atomic mass is 9.94. The molecule has 11 nitrogen and oxygen atoms in total. The van der Waals surface area contributed by atoms with Gasteiger partial charge in [-0.05, 0) is 62.2 Å². The van der Waals surface area contributed by atoms with Crippen LogP contribution in [0.25, 0.3) is 16.6 Å². The molecule has 0 radical (unpaired) electrons. The lowest BCUT2D eigenvalue weighted by Gasteiger charge is -2.26. The lowest BCUT2D eigenvalue weighted by molar-refractivity contribution is -0.143. The van der Waals surface area contributed by atoms with Gasteiger partial charge in [0.1, 0.15) is 17.4 Å². The Morgan fingerprint density at radius 3 is 2.36 bits per heavy atom. The molecule has 45 heavy (non-hydrogen) atoms. The zero-order chi connectivity index (χ0) is 32.5. The van der Waals surface area contributed by atoms with Crippen LogP contribution in [-0.4, -0.2) is 50.4 Å². The summed E-state index contributed by atoms with van der Waals surface area (Å²) >= 11 is 0. The molecule has 0 saturated heterocycles. The Kier molecular flexibility index (Phi) is 8.66. The fourth-order valence-corrected chi connectivity index (χ4v) is 5.54. The highest BCUT2D eigenvalue weighted by molar-refractivity contribution is 6.02. The minimum absolute atomic E-state index is 0.0197. The molecule has 0 spiro atoms. The number of alkyl halides is 3. The standard InChI is InChI=1S/C31H30F3N5O6/c1-17(36-29(42)23-15-35-39(27(23)31(32,33)34)20-9-11-21(45-2)12-10-20)28(41)37-18-8-13-25-22(14-18)26(40)24(30(43)44)16-38(25)19-6-4-3-5-7-19/h8-17,19H,3-7H2,1-2H3,(H,36,42)(H,37,41)(H,43,44)/t17-/m0/s1. The molecular weight excluding hydrogens is 595 g/mol. The third-order valence-electron chi connectivity index (χ3n) is 7.84. The summed E-state index contributed by atoms with van der Waals surface area (Å²) in [5.41, 5.74) is -2.51. The Morgan fingerprint density at radius 1 is 1.04 bits per heavy atom. The first kappa shape index (κ1) is 31.3. The summed E-state index contributed by atoms with van der Waals surface area (Å²) in [6, 6.07) is 8.82. The summed E-state index contributed by atoms with van der Waals surface area (Å²) in [7, 11) is 1.41. The molecule has 3 N–H and O–H groups in total. The van der Waals surface area contributed by atoms with Crippen molar-refractivity contribution in [3.8, 4) is 11.4 Å². The van der Waals surface area contributed by atoms with Crippen LogP contribution in [0.15, 0.2) is 59.7 Å². The van der Waals surface area contributed by atoms with Gasteiger partial charge in [-0.3, -0.25) is 14.4 Å². The average molecular weight is 626 g/mol. The van der Waals surface area contributed by atoms with Gasteiger partial charge in [0, 0.05) is 23.3 Å². The molecule has 1 fully saturated rings. The van der Waals surface area contributed by atoms with Crippen molar-refractivity contribution in [3.05, 3.63) is 81.9 Å². The quantitative estimate of drug-likeness (QED) is 0.245. The van der Waals surface area contributed by atoms with Crippen LogP contribution in [0.5, 0.6) is 5.75 Å². The number of nitrogens with one attached hydrogen (secondary N) is 2. The predicted molar refractivity (Wildman–Crippen MR) is 158 cm³/mol. The normalized spacial score (nSPS) is 14.6. The van der Waals surface area contributed by atoms with Gasteiger partial charge in [-0.15, -0.1) is 0 Å². The molecule has 2 aromatic heterocycles. The number of aromatic carboxylic acids is 1. The van der Waals surface area contributed by atoms with Gasteiger partial charge >= 0.3 is 12.1 Å². The van der Waals surface area contributed by atoms with E-state index in [2.05, 4.69) is 15.7 Å². The third kappa shape index (κ3) is 6.40. The molecule has 14 heteroatoms. The Morgan fingerprint density at radius 2 is 1.73 bits per heavy atom. The number of hydrogen-bond acceptors (Lipinski definition) is 6. The van der Waals surface area contributed by atoms with Gasteiger partial charge in [0.15, 0.2) is 5.69 Å². The molecule has 236 valence electrons. The molecule has 2 amide bonds. The topological polar surface area (TPSA) is 145 Å². The number of ether oxygens (including phenoxy) is 1. The number of fused-ring (bicyclic) bond motifs is 1. The third-order valence-corrected chi connectivity index (χ3v) is 7.84. The molecule has 4 aromatic rings. The summed E-state index contributed by atoms with van der Waals surface area (Å²) in [5.74, 6) is -2.91. The zero-order valence-corrected chi connectivity index (χ0v) is 24.4. The first-order chi connectivity index (χ1) is 21.4. The fraction of sp³-hybridized carbons (Fsp3) is 0.323. The van der Waals surface area contributed by atoms with Crippen LogP contribution < -0.4 is 20.8 Å². The summed E-state index contributed by atoms with van der Waals surface area (Å²) in [6.07, 6.45) is 1.88. The number of hydrogen-bond donors (Lipinski definition) is 3. The number of halogens is 3. The van der Waals surface area contributed by atoms with Crippen LogP contribution in [0.1, 0.15) is 71.5 Å². The highest BCUT2D eigenvalue weighted by Gasteiger charge is 2.41. The van der Waals surface area contributed by atoms with E-state index in [1.807, 2.05) is 0 Å². The van der Waals surface area contributed by atoms with Gasteiger partial charge in [0.05, 0.1) is 30.1 Å². The first-order valence-electron chi connectivity index (χ1n) is 14.2. The lowest BCUT2D eigenvalue weighted by Crippen LogP contribution is -2.42. The van der Waals surface area contributed by atoms with Crippen molar-refractivity contribution in [2.75, 3.05) is 12.4 Å². The number of benzene rings is 2. The average Bonchev–Trinajstić information content (AvgIpc) is 3.48. The number of carbonyl (C=O) groups is 3. The van der Waals surface area contributed by atoms with Crippen molar-refractivity contribution in [1.82, 2.24) is 19.7 Å². The second kappa shape index (κ2) is 12.5. The minimum atomic E-state index is -4.96. The van der Waals surface area contributed by atoms with E-state index in [-0.39, 0.29) is 22.8 Å². The van der Waals surface area contributed by atoms with Crippen molar-refractivity contribution in [2.45, 2.75) is 57.3 Å². The fourth-order valence-electron chi connectivity index (χ4n) is 5.54. The Labute approximate surface area is 254 Å². The monoisotopic (exact) mass is 625 g/mol. The summed E-state index contributed by atoms with van der Waals surface area (Å²) < 4.78 is 49.7. The molecule has 2 aromatic carbocycles. The number of pyridine rings is 1. The van der Waals surface area contributed by atoms with Crippen LogP contribution in [0.2, 0.25) is 0 Å². The Bertz CT molecular complexity index is 1820. The van der Waals surface area contributed by atoms with Crippen LogP contribution in [0.4, 0.5) is 18.9 Å². The molecule has 0 unspecified atom stereocenters. The number of carboxylic acids is 1. The molecule has 1 atom stereocenters. The molecule has 1 saturated carbocycles. The van der Waals surface area contributed by atoms with Gasteiger partial charge in [0.25, 0.3) is 5.91 Å². The second-order valence-electron chi connectivity index (χ2n) is 10.8. The van der Waals surface area contributed by atoms with Crippen molar-refractivity contribution >= 4 is 34.4 Å². The van der Waals surface area contributed by atoms with E-state index in [0.29, 0.717) is 15.9 Å². The zero-order valence-electron chi connectivity index (χ0n) is 24.4. The summed E-state index contributed by atoms with van der Waals surface area (Å²) in [5, 5.41) is 18.3. The van der Waals surface area contributed by atoms with Crippen LogP contribution in [-0.2, 0) is 11.0 Å². The summed E-state index contributed by atoms with van der Waals surface area (Å²) in [6.45, 7) is 1.29. The van der Waals surface area contributed by atoms with Crippen molar-refractivity contribution in [3.63, 3.8) is 0 Å². The largest absolute Gasteiger partial charge is 0.497 e. The van der Waals surface area contributed by atoms with E-state index in [4.69, 9.17) is 4.74 Å². The van der Waals surface area contributed by atoms with Gasteiger partial charge < -0.3 is 25.0 Å². The van der Waals surface area contributed by atoms with Crippen LogP contribution in [0.3, 0.4) is 0 Å². The number of nitrogens with zero attached hydrogens (tertiary/aromatic N) is 3. The number of amides is 2. The maximum absolute atomic E-state index is 14.1. The van der Waals surface area contributed by atoms with E-state index < -0.39 is 52.3 Å². The molecule has 0 aliphatic heterocycles. The maximum Gasteiger partial charge on any atom is 0.434 e. The van der Waals surface area contributed by atoms with E-state index >= 15 is 0 Å². The maximum atomic E-state index is 14.1. The number of methoxy groups -OCH3 is 1. The first-order valence-corrected chi connectivity index (χ1v) is 14.2. The van der Waals surface area contributed by atoms with Crippen LogP contribution in [0, 0.1) is 0 Å². The number of carboxylic acid groups (broad SMARTS) is 1. The molecular formula is C31H30F3N5O6. The second-order valence-corrected chi connectivity index (χ2v) is 10.8. The van der Waals surface area contributed by atoms with E-state index in [1.165, 1.54) is 56.6 Å². The van der Waals surface area contributed by atoms with E-state index in [1.54, 1.807) is 10.6 Å². The highest BCUT2D eigenvalue weighted by Crippen LogP contribution is 2.34. The van der Waals surface area contributed by atoms with Gasteiger partial charge in [-0.25, -0.2) is 9.48 Å². The SMILES string of the molecule is COc1ccc(-n2ncc(C(=O)N[C@@H](C)C(=O)Nc3ccc4c(c3)c(=O)c(C(=O)O)cn4C3CCCCC3)c2C(F)(F)F)cc1. The van der Waals surface area contributed by atoms with Crippen molar-refractivity contribution in [2.24, 2.45) is 0 Å². The predicted octanol–water partition coefficient (Wildman–Crippen LogP) is 5.18. The van der Waals surface area contributed by atoms with Gasteiger partial charge in [-0.2, -0.15) is 18.3 Å². The number of carbonyl (C=O) groups excluding carboxylic acids is 2. The Hall–Kier alpha value is -5.14. The molecule has 1 aliphatic rings. The van der Waals surface area contributed by atoms with Crippen molar-refractivity contribution in [1.29, 1.82) is 0 Å². The number of anilines is 1. The Balaban J connectivity index is 1.38. The van der Waals surface area contributed by atoms with Crippen LogP contribution >= 0.6 is 0 Å². The number of aromatic nitrogens is 3. The highest BCUT2D eigenvalue weighted by atomic mass is 19.4. The smallest absolute Gasteiger partial charge is 0.434 e. The van der Waals surface area contributed by atoms with Gasteiger partial charge in [0.2, 0.25) is 11.3 Å². The van der Waals surface area contributed by atoms with E-state index in [9.17, 15) is 37.5 Å².